The van der Waals surface area contributed by atoms with E-state index < -0.39 is 29.2 Å². The molecule has 8 nitrogen and oxygen atoms in total. The molecule has 0 spiro atoms. The summed E-state index contributed by atoms with van der Waals surface area (Å²) in [6.07, 6.45) is 1.13. The lowest BCUT2D eigenvalue weighted by atomic mass is 9.94. The van der Waals surface area contributed by atoms with E-state index in [1.54, 1.807) is 20.8 Å². The van der Waals surface area contributed by atoms with Gasteiger partial charge in [-0.05, 0) is 41.5 Å². The number of piperidine rings is 1. The van der Waals surface area contributed by atoms with Gasteiger partial charge in [-0.3, -0.25) is 0 Å². The predicted octanol–water partition coefficient (Wildman–Crippen LogP) is 1.22. The number of esters is 1. The van der Waals surface area contributed by atoms with Gasteiger partial charge in [0.05, 0.1) is 19.6 Å². The van der Waals surface area contributed by atoms with Crippen LogP contribution in [-0.4, -0.2) is 66.4 Å². The summed E-state index contributed by atoms with van der Waals surface area (Å²) in [5, 5.41) is 13.9. The fourth-order valence-corrected chi connectivity index (χ4v) is 3.38. The number of nitrogens with zero attached hydrogens (tertiary/aromatic N) is 1. The molecule has 1 N–H and O–H groups in total. The maximum Gasteiger partial charge on any atom is 0.407 e. The fraction of sp³-hybridized carbons (Fsp3) is 0.850. The van der Waals surface area contributed by atoms with E-state index in [0.717, 1.165) is 0 Å². The van der Waals surface area contributed by atoms with E-state index in [-0.39, 0.29) is 12.5 Å². The molecule has 0 aromatic rings. The van der Waals surface area contributed by atoms with Gasteiger partial charge in [-0.2, -0.15) is 0 Å². The number of amides is 1. The zero-order chi connectivity index (χ0) is 21.6. The zero-order valence-electron chi connectivity index (χ0n) is 18.1. The third kappa shape index (κ3) is 9.39. The van der Waals surface area contributed by atoms with E-state index in [1.807, 2.05) is 20.8 Å². The summed E-state index contributed by atoms with van der Waals surface area (Å²) in [7, 11) is 0. The second-order valence-electron chi connectivity index (χ2n) is 9.63. The first kappa shape index (κ1) is 24.2. The molecule has 1 amide bonds. The number of hydrogen-bond donors (Lipinski definition) is 1. The van der Waals surface area contributed by atoms with Crippen LogP contribution in [0.15, 0.2) is 0 Å². The van der Waals surface area contributed by atoms with Crippen LogP contribution in [-0.2, 0) is 19.1 Å². The van der Waals surface area contributed by atoms with Gasteiger partial charge >= 0.3 is 12.1 Å². The average molecular weight is 401 g/mol. The molecule has 0 atom stereocenters. The number of carboxylic acid groups (broad SMARTS) is 1. The van der Waals surface area contributed by atoms with Gasteiger partial charge in [0.15, 0.2) is 6.54 Å². The SMILES string of the molecule is CC(C)(C)OC(=O)C[N+]1(CCCNC(=O)OC(C)(C)C)CCC(C(=O)[O-])CC1. The molecule has 8 heteroatoms. The first-order chi connectivity index (χ1) is 12.7. The van der Waals surface area contributed by atoms with Crippen molar-refractivity contribution in [3.8, 4) is 0 Å². The van der Waals surface area contributed by atoms with Crippen LogP contribution >= 0.6 is 0 Å². The van der Waals surface area contributed by atoms with Gasteiger partial charge in [-0.15, -0.1) is 0 Å². The van der Waals surface area contributed by atoms with Crippen molar-refractivity contribution in [3.63, 3.8) is 0 Å². The van der Waals surface area contributed by atoms with Crippen molar-refractivity contribution in [3.05, 3.63) is 0 Å². The van der Waals surface area contributed by atoms with Crippen LogP contribution in [0.5, 0.6) is 0 Å². The van der Waals surface area contributed by atoms with E-state index in [2.05, 4.69) is 5.32 Å². The highest BCUT2D eigenvalue weighted by Crippen LogP contribution is 2.25. The van der Waals surface area contributed by atoms with Gasteiger partial charge < -0.3 is 29.2 Å². The lowest BCUT2D eigenvalue weighted by Gasteiger charge is -2.43. The number of carboxylic acids is 1. The van der Waals surface area contributed by atoms with Gasteiger partial charge in [-0.1, -0.05) is 0 Å². The Hall–Kier alpha value is -1.83. The van der Waals surface area contributed by atoms with Gasteiger partial charge in [0.25, 0.3) is 0 Å². The Morgan fingerprint density at radius 1 is 1.00 bits per heavy atom. The van der Waals surface area contributed by atoms with E-state index >= 15 is 0 Å². The van der Waals surface area contributed by atoms with Crippen molar-refractivity contribution in [1.29, 1.82) is 0 Å². The number of likely N-dealkylation sites (tertiary alicyclic amines) is 1. The number of carbonyl (C=O) groups excluding carboxylic acids is 3. The van der Waals surface area contributed by atoms with Crippen molar-refractivity contribution >= 4 is 18.0 Å². The molecular weight excluding hydrogens is 364 g/mol. The molecule has 0 saturated carbocycles. The number of hydrogen-bond acceptors (Lipinski definition) is 6. The third-order valence-electron chi connectivity index (χ3n) is 4.60. The van der Waals surface area contributed by atoms with Crippen molar-refractivity contribution in [2.45, 2.75) is 72.0 Å². The van der Waals surface area contributed by atoms with Crippen LogP contribution in [0.1, 0.15) is 60.8 Å². The molecule has 0 aromatic carbocycles. The number of rotatable bonds is 7. The van der Waals surface area contributed by atoms with Crippen molar-refractivity contribution in [1.82, 2.24) is 5.32 Å². The Morgan fingerprint density at radius 2 is 1.54 bits per heavy atom. The van der Waals surface area contributed by atoms with Gasteiger partial charge in [0, 0.05) is 37.7 Å². The highest BCUT2D eigenvalue weighted by atomic mass is 16.6. The number of aliphatic carboxylic acids is 1. The number of quaternary nitrogens is 1. The summed E-state index contributed by atoms with van der Waals surface area (Å²) in [5.41, 5.74) is -1.12. The normalized spacial score (nSPS) is 23.0. The summed E-state index contributed by atoms with van der Waals surface area (Å²) in [4.78, 5) is 35.3. The molecule has 162 valence electrons. The molecule has 1 fully saturated rings. The minimum Gasteiger partial charge on any atom is -0.550 e. The Balaban J connectivity index is 2.63. The molecule has 0 bridgehead atoms. The Morgan fingerprint density at radius 3 is 2.00 bits per heavy atom. The van der Waals surface area contributed by atoms with Crippen molar-refractivity contribution < 1.29 is 33.4 Å². The summed E-state index contributed by atoms with van der Waals surface area (Å²) in [5.74, 6) is -1.79. The molecule has 0 aliphatic carbocycles. The molecule has 1 aliphatic rings. The molecule has 1 saturated heterocycles. The van der Waals surface area contributed by atoms with Crippen molar-refractivity contribution in [2.24, 2.45) is 5.92 Å². The van der Waals surface area contributed by atoms with Gasteiger partial charge in [0.1, 0.15) is 11.2 Å². The molecule has 1 aliphatic heterocycles. The Labute approximate surface area is 168 Å². The van der Waals surface area contributed by atoms with Crippen LogP contribution in [0.4, 0.5) is 4.79 Å². The van der Waals surface area contributed by atoms with Gasteiger partial charge in [0.2, 0.25) is 0 Å². The van der Waals surface area contributed by atoms with E-state index in [9.17, 15) is 19.5 Å². The molecule has 0 aromatic heterocycles. The lowest BCUT2D eigenvalue weighted by molar-refractivity contribution is -0.926. The fourth-order valence-electron chi connectivity index (χ4n) is 3.38. The second-order valence-corrected chi connectivity index (χ2v) is 9.63. The molecule has 28 heavy (non-hydrogen) atoms. The van der Waals surface area contributed by atoms with E-state index in [1.165, 1.54) is 0 Å². The maximum atomic E-state index is 12.4. The third-order valence-corrected chi connectivity index (χ3v) is 4.60. The predicted molar refractivity (Wildman–Crippen MR) is 102 cm³/mol. The summed E-state index contributed by atoms with van der Waals surface area (Å²) in [6, 6.07) is 0. The molecule has 1 heterocycles. The largest absolute Gasteiger partial charge is 0.550 e. The minimum atomic E-state index is -1.03. The number of carbonyl (C=O) groups is 3. The highest BCUT2D eigenvalue weighted by Gasteiger charge is 2.37. The van der Waals surface area contributed by atoms with E-state index in [4.69, 9.17) is 9.47 Å². The molecule has 0 unspecified atom stereocenters. The minimum absolute atomic E-state index is 0.198. The standard InChI is InChI=1S/C20H36N2O6/c1-19(2,3)27-16(23)14-22(12-8-15(9-13-22)17(24)25)11-7-10-21-18(26)28-20(4,5)6/h15H,7-14H2,1-6H3,(H-,21,24,25,26). The smallest absolute Gasteiger partial charge is 0.407 e. The van der Waals surface area contributed by atoms with Crippen LogP contribution in [0.2, 0.25) is 0 Å². The summed E-state index contributed by atoms with van der Waals surface area (Å²) < 4.78 is 11.1. The molecule has 1 rings (SSSR count). The monoisotopic (exact) mass is 400 g/mol. The highest BCUT2D eigenvalue weighted by molar-refractivity contribution is 5.71. The summed E-state index contributed by atoms with van der Waals surface area (Å²) in [6.45, 7) is 13.3. The lowest BCUT2D eigenvalue weighted by Crippen LogP contribution is -2.58. The van der Waals surface area contributed by atoms with Gasteiger partial charge in [-0.25, -0.2) is 9.59 Å². The quantitative estimate of drug-likeness (QED) is 0.391. The Kier molecular flexibility index (Phi) is 8.29. The zero-order valence-corrected chi connectivity index (χ0v) is 18.1. The molecule has 0 radical (unpaired) electrons. The summed E-state index contributed by atoms with van der Waals surface area (Å²) >= 11 is 0. The van der Waals surface area contributed by atoms with Crippen LogP contribution in [0, 0.1) is 5.92 Å². The van der Waals surface area contributed by atoms with E-state index in [0.29, 0.717) is 49.9 Å². The van der Waals surface area contributed by atoms with Crippen LogP contribution in [0.25, 0.3) is 0 Å². The second kappa shape index (κ2) is 9.58. The van der Waals surface area contributed by atoms with Crippen molar-refractivity contribution in [2.75, 3.05) is 32.7 Å². The topological polar surface area (TPSA) is 105 Å². The molecular formula is C20H36N2O6. The average Bonchev–Trinajstić information content (AvgIpc) is 2.48. The number of alkyl carbamates (subject to hydrolysis) is 1. The first-order valence-corrected chi connectivity index (χ1v) is 9.96. The maximum absolute atomic E-state index is 12.4. The van der Waals surface area contributed by atoms with Crippen LogP contribution in [0.3, 0.4) is 0 Å². The number of ether oxygens (including phenoxy) is 2. The number of nitrogens with one attached hydrogen (secondary N) is 1. The first-order valence-electron chi connectivity index (χ1n) is 9.96. The van der Waals surface area contributed by atoms with Crippen LogP contribution < -0.4 is 10.4 Å². The Bertz CT molecular complexity index is 554.